The van der Waals surface area contributed by atoms with Crippen molar-refractivity contribution in [1.29, 1.82) is 0 Å². The molecule has 2 fully saturated rings. The van der Waals surface area contributed by atoms with Crippen LogP contribution in [0.15, 0.2) is 0 Å². The van der Waals surface area contributed by atoms with E-state index in [9.17, 15) is 14.7 Å². The lowest BCUT2D eigenvalue weighted by molar-refractivity contribution is -0.143. The van der Waals surface area contributed by atoms with Gasteiger partial charge in [0.1, 0.15) is 6.04 Å². The highest BCUT2D eigenvalue weighted by Crippen LogP contribution is 2.20. The molecule has 2 aliphatic heterocycles. The molecule has 2 unspecified atom stereocenters. The number of carboxylic acid groups (broad SMARTS) is 1. The summed E-state index contributed by atoms with van der Waals surface area (Å²) in [6.45, 7) is 4.86. The van der Waals surface area contributed by atoms with E-state index in [1.54, 1.807) is 9.80 Å². The Morgan fingerprint density at radius 2 is 1.89 bits per heavy atom. The van der Waals surface area contributed by atoms with Gasteiger partial charge >= 0.3 is 12.0 Å². The first-order valence-corrected chi connectivity index (χ1v) is 6.99. The Labute approximate surface area is 114 Å². The Kier molecular flexibility index (Phi) is 4.29. The van der Waals surface area contributed by atoms with Crippen LogP contribution in [0.2, 0.25) is 0 Å². The van der Waals surface area contributed by atoms with E-state index >= 15 is 0 Å². The molecule has 0 bridgehead atoms. The molecular formula is C13H23N3O3. The van der Waals surface area contributed by atoms with Gasteiger partial charge in [0, 0.05) is 32.2 Å². The summed E-state index contributed by atoms with van der Waals surface area (Å²) < 4.78 is 0. The highest BCUT2D eigenvalue weighted by molar-refractivity contribution is 5.83. The first kappa shape index (κ1) is 14.1. The average Bonchev–Trinajstić information content (AvgIpc) is 2.41. The van der Waals surface area contributed by atoms with Crippen molar-refractivity contribution in [2.45, 2.75) is 38.3 Å². The molecule has 2 heterocycles. The number of piperidine rings is 1. The Morgan fingerprint density at radius 3 is 2.53 bits per heavy atom. The number of amides is 2. The van der Waals surface area contributed by atoms with E-state index < -0.39 is 12.0 Å². The monoisotopic (exact) mass is 269 g/mol. The Bertz CT molecular complexity index is 361. The van der Waals surface area contributed by atoms with Gasteiger partial charge in [0.05, 0.1) is 0 Å². The maximum Gasteiger partial charge on any atom is 0.326 e. The molecule has 0 aromatic rings. The average molecular weight is 269 g/mol. The third-order valence-corrected chi connectivity index (χ3v) is 4.26. The fourth-order valence-electron chi connectivity index (χ4n) is 2.82. The maximum absolute atomic E-state index is 12.5. The van der Waals surface area contributed by atoms with Gasteiger partial charge in [0.15, 0.2) is 0 Å². The number of likely N-dealkylation sites (N-methyl/N-ethyl adjacent to an activating group) is 1. The van der Waals surface area contributed by atoms with Gasteiger partial charge in [-0.05, 0) is 33.2 Å². The molecule has 2 rings (SSSR count). The van der Waals surface area contributed by atoms with Crippen LogP contribution in [0.4, 0.5) is 4.79 Å². The summed E-state index contributed by atoms with van der Waals surface area (Å²) in [5.74, 6) is -0.879. The number of hydrogen-bond acceptors (Lipinski definition) is 3. The number of aliphatic carboxylic acids is 1. The standard InChI is InChI=1S/C13H23N3O3/c1-10-9-15(8-7-14(10)2)13(19)16-6-4-3-5-11(16)12(17)18/h10-11H,3-9H2,1-2H3,(H,17,18). The number of carbonyl (C=O) groups is 2. The van der Waals surface area contributed by atoms with Crippen molar-refractivity contribution >= 4 is 12.0 Å². The van der Waals surface area contributed by atoms with Crippen molar-refractivity contribution in [3.05, 3.63) is 0 Å². The molecule has 6 heteroatoms. The molecule has 0 saturated carbocycles. The van der Waals surface area contributed by atoms with Crippen molar-refractivity contribution in [1.82, 2.24) is 14.7 Å². The van der Waals surface area contributed by atoms with Gasteiger partial charge in [0.25, 0.3) is 0 Å². The van der Waals surface area contributed by atoms with Gasteiger partial charge < -0.3 is 19.8 Å². The normalized spacial score (nSPS) is 29.4. The predicted molar refractivity (Wildman–Crippen MR) is 71.0 cm³/mol. The zero-order valence-electron chi connectivity index (χ0n) is 11.7. The summed E-state index contributed by atoms with van der Waals surface area (Å²) in [5.41, 5.74) is 0. The Morgan fingerprint density at radius 1 is 1.16 bits per heavy atom. The molecule has 19 heavy (non-hydrogen) atoms. The molecule has 2 aliphatic rings. The van der Waals surface area contributed by atoms with Gasteiger partial charge in [-0.1, -0.05) is 0 Å². The second-order valence-electron chi connectivity index (χ2n) is 5.60. The highest BCUT2D eigenvalue weighted by Gasteiger charge is 2.35. The van der Waals surface area contributed by atoms with Crippen LogP contribution in [-0.4, -0.2) is 77.1 Å². The summed E-state index contributed by atoms with van der Waals surface area (Å²) in [7, 11) is 2.05. The molecule has 2 saturated heterocycles. The Hall–Kier alpha value is -1.30. The number of carbonyl (C=O) groups excluding carboxylic acids is 1. The van der Waals surface area contributed by atoms with E-state index in [2.05, 4.69) is 11.8 Å². The molecular weight excluding hydrogens is 246 g/mol. The van der Waals surface area contributed by atoms with Crippen LogP contribution >= 0.6 is 0 Å². The highest BCUT2D eigenvalue weighted by atomic mass is 16.4. The largest absolute Gasteiger partial charge is 0.480 e. The SMILES string of the molecule is CC1CN(C(=O)N2CCCCC2C(=O)O)CCN1C. The lowest BCUT2D eigenvalue weighted by atomic mass is 10.0. The van der Waals surface area contributed by atoms with E-state index in [-0.39, 0.29) is 6.03 Å². The molecule has 0 aromatic carbocycles. The van der Waals surface area contributed by atoms with E-state index in [0.29, 0.717) is 32.1 Å². The van der Waals surface area contributed by atoms with E-state index in [1.807, 2.05) is 7.05 Å². The zero-order chi connectivity index (χ0) is 14.0. The molecule has 1 N–H and O–H groups in total. The number of urea groups is 1. The molecule has 0 spiro atoms. The smallest absolute Gasteiger partial charge is 0.326 e. The summed E-state index contributed by atoms with van der Waals surface area (Å²) in [4.78, 5) is 29.3. The third kappa shape index (κ3) is 3.00. The number of piperazine rings is 1. The maximum atomic E-state index is 12.5. The van der Waals surface area contributed by atoms with Crippen LogP contribution in [0.1, 0.15) is 26.2 Å². The van der Waals surface area contributed by atoms with Crippen LogP contribution in [0.5, 0.6) is 0 Å². The predicted octanol–water partition coefficient (Wildman–Crippen LogP) is 0.681. The van der Waals surface area contributed by atoms with Crippen LogP contribution in [0, 0.1) is 0 Å². The zero-order valence-corrected chi connectivity index (χ0v) is 11.7. The van der Waals surface area contributed by atoms with Crippen LogP contribution in [-0.2, 0) is 4.79 Å². The van der Waals surface area contributed by atoms with Crippen molar-refractivity contribution < 1.29 is 14.7 Å². The second-order valence-corrected chi connectivity index (χ2v) is 5.60. The minimum atomic E-state index is -0.879. The molecule has 2 amide bonds. The number of hydrogen-bond donors (Lipinski definition) is 1. The minimum absolute atomic E-state index is 0.105. The minimum Gasteiger partial charge on any atom is -0.480 e. The summed E-state index contributed by atoms with van der Waals surface area (Å²) in [6, 6.07) is -0.422. The van der Waals surface area contributed by atoms with Crippen LogP contribution in [0.3, 0.4) is 0 Å². The van der Waals surface area contributed by atoms with Crippen LogP contribution < -0.4 is 0 Å². The lowest BCUT2D eigenvalue weighted by Crippen LogP contribution is -2.58. The topological polar surface area (TPSA) is 64.1 Å². The van der Waals surface area contributed by atoms with Gasteiger partial charge in [-0.15, -0.1) is 0 Å². The van der Waals surface area contributed by atoms with Gasteiger partial charge in [-0.3, -0.25) is 0 Å². The second kappa shape index (κ2) is 5.77. The van der Waals surface area contributed by atoms with E-state index in [4.69, 9.17) is 0 Å². The van der Waals surface area contributed by atoms with Gasteiger partial charge in [-0.25, -0.2) is 9.59 Å². The van der Waals surface area contributed by atoms with Crippen molar-refractivity contribution in [3.8, 4) is 0 Å². The first-order valence-electron chi connectivity index (χ1n) is 6.99. The number of carboxylic acids is 1. The number of rotatable bonds is 1. The fourth-order valence-corrected chi connectivity index (χ4v) is 2.82. The first-order chi connectivity index (χ1) is 9.00. The van der Waals surface area contributed by atoms with Crippen LogP contribution in [0.25, 0.3) is 0 Å². The molecule has 0 aliphatic carbocycles. The summed E-state index contributed by atoms with van der Waals surface area (Å²) >= 11 is 0. The summed E-state index contributed by atoms with van der Waals surface area (Å²) in [5, 5.41) is 9.23. The molecule has 108 valence electrons. The van der Waals surface area contributed by atoms with Crippen molar-refractivity contribution in [2.75, 3.05) is 33.2 Å². The quantitative estimate of drug-likeness (QED) is 0.760. The van der Waals surface area contributed by atoms with Gasteiger partial charge in [-0.2, -0.15) is 0 Å². The molecule has 6 nitrogen and oxygen atoms in total. The Balaban J connectivity index is 2.03. The van der Waals surface area contributed by atoms with Crippen molar-refractivity contribution in [2.24, 2.45) is 0 Å². The number of nitrogens with zero attached hydrogens (tertiary/aromatic N) is 3. The molecule has 2 atom stereocenters. The van der Waals surface area contributed by atoms with Gasteiger partial charge in [0.2, 0.25) is 0 Å². The van der Waals surface area contributed by atoms with E-state index in [0.717, 1.165) is 19.4 Å². The van der Waals surface area contributed by atoms with Crippen molar-refractivity contribution in [3.63, 3.8) is 0 Å². The summed E-state index contributed by atoms with van der Waals surface area (Å²) in [6.07, 6.45) is 2.36. The molecule has 0 aromatic heterocycles. The molecule has 0 radical (unpaired) electrons. The lowest BCUT2D eigenvalue weighted by Gasteiger charge is -2.42. The van der Waals surface area contributed by atoms with E-state index in [1.165, 1.54) is 0 Å². The fraction of sp³-hybridized carbons (Fsp3) is 0.846. The number of likely N-dealkylation sites (tertiary alicyclic amines) is 1. The third-order valence-electron chi connectivity index (χ3n) is 4.26.